The molecule has 0 amide bonds. The quantitative estimate of drug-likeness (QED) is 0.0169. The molecule has 0 aliphatic heterocycles. The average molecular weight is 1600 g/mol. The van der Waals surface area contributed by atoms with E-state index in [-0.39, 0.29) is 25.7 Å². The normalized spacial score (nSPS) is 14.9. The number of aliphatic hydroxyl groups excluding tert-OH is 1. The van der Waals surface area contributed by atoms with Gasteiger partial charge in [-0.15, -0.1) is 0 Å². The Balaban J connectivity index is 5.58. The van der Waals surface area contributed by atoms with Crippen LogP contribution in [0.2, 0.25) is 0 Å². The number of hydrogen-bond donors (Lipinski definition) is 3. The largest absolute Gasteiger partial charge is 0.472 e. The zero-order valence-corrected chi connectivity index (χ0v) is 70.8. The Kier molecular flexibility index (Phi) is 77.5. The summed E-state index contributed by atoms with van der Waals surface area (Å²) in [5.74, 6) is -2.44. The van der Waals surface area contributed by atoms with Crippen LogP contribution in [0, 0.1) is 0 Å². The minimum Gasteiger partial charge on any atom is -0.462 e. The topological polar surface area (TPSA) is 237 Å². The van der Waals surface area contributed by atoms with E-state index in [1.807, 2.05) is 36.5 Å². The summed E-state index contributed by atoms with van der Waals surface area (Å²) in [5, 5.41) is 10.7. The van der Waals surface area contributed by atoms with Gasteiger partial charge in [0.1, 0.15) is 19.3 Å². The summed E-state index contributed by atoms with van der Waals surface area (Å²) < 4.78 is 68.6. The molecular weight excluding hydrogens is 1450 g/mol. The smallest absolute Gasteiger partial charge is 0.462 e. The van der Waals surface area contributed by atoms with Crippen LogP contribution in [0.4, 0.5) is 0 Å². The lowest BCUT2D eigenvalue weighted by Crippen LogP contribution is -2.30. The molecule has 0 rings (SSSR count). The lowest BCUT2D eigenvalue weighted by Gasteiger charge is -2.21. The van der Waals surface area contributed by atoms with Gasteiger partial charge in [-0.05, 0) is 173 Å². The fraction of sp³-hybridized carbons (Fsp3) is 0.570. The second-order valence-electron chi connectivity index (χ2n) is 26.9. The first-order valence-corrected chi connectivity index (χ1v) is 45.0. The van der Waals surface area contributed by atoms with Gasteiger partial charge in [0.25, 0.3) is 0 Å². The van der Waals surface area contributed by atoms with Gasteiger partial charge >= 0.3 is 39.5 Å². The highest BCUT2D eigenvalue weighted by atomic mass is 31.2. The molecule has 0 fully saturated rings. The molecule has 0 bridgehead atoms. The van der Waals surface area contributed by atoms with Crippen molar-refractivity contribution in [3.63, 3.8) is 0 Å². The lowest BCUT2D eigenvalue weighted by atomic mass is 10.1. The van der Waals surface area contributed by atoms with Crippen LogP contribution >= 0.6 is 15.6 Å². The SMILES string of the molecule is CC/C=C\C/C=C\C/C=C\C/C=C\C/C=C\C/C=C\CCC(=O)OC[C@H](COP(=O)(O)OC[C@@H](O)COP(=O)(O)OC[C@@H](COC(=O)CCCCC/C=C\C/C=C\C/C=C\C/C=C\C/C=C\CC)OC(=O)CC/C=C\C/C=C\C/C=C\C/C=C\C/C=C\C/C=C\CC)OC(=O)CCCCCCC/C=C\CCCCCCCC. The number of unbranched alkanes of at least 4 members (excludes halogenated alkanes) is 14. The Morgan fingerprint density at radius 3 is 0.804 bits per heavy atom. The number of carbonyl (C=O) groups is 4. The van der Waals surface area contributed by atoms with Crippen LogP contribution in [0.25, 0.3) is 0 Å². The monoisotopic (exact) mass is 1600 g/mol. The molecule has 17 nitrogen and oxygen atoms in total. The van der Waals surface area contributed by atoms with E-state index in [1.54, 1.807) is 0 Å². The molecule has 0 aromatic rings. The molecule has 0 spiro atoms. The molecule has 0 aliphatic rings. The second-order valence-corrected chi connectivity index (χ2v) is 29.8. The van der Waals surface area contributed by atoms with Gasteiger partial charge in [-0.1, -0.05) is 304 Å². The molecule has 0 aromatic heterocycles. The fourth-order valence-corrected chi connectivity index (χ4v) is 11.8. The van der Waals surface area contributed by atoms with Crippen molar-refractivity contribution in [1.82, 2.24) is 0 Å². The first-order valence-electron chi connectivity index (χ1n) is 42.0. The number of esters is 4. The minimum absolute atomic E-state index is 0.0242. The molecular formula is C93H146O17P2. The molecule has 0 saturated carbocycles. The molecule has 2 unspecified atom stereocenters. The number of allylic oxidation sites excluding steroid dienone is 36. The number of carbonyl (C=O) groups excluding carboxylic acids is 4. The number of rotatable bonds is 76. The van der Waals surface area contributed by atoms with E-state index in [9.17, 15) is 43.2 Å². The van der Waals surface area contributed by atoms with E-state index in [1.165, 1.54) is 38.5 Å². The third-order valence-electron chi connectivity index (χ3n) is 16.4. The van der Waals surface area contributed by atoms with Gasteiger partial charge in [0.2, 0.25) is 0 Å². The number of ether oxygens (including phenoxy) is 4. The van der Waals surface area contributed by atoms with Crippen molar-refractivity contribution in [2.24, 2.45) is 0 Å². The van der Waals surface area contributed by atoms with Crippen molar-refractivity contribution in [3.8, 4) is 0 Å². The second kappa shape index (κ2) is 82.4. The highest BCUT2D eigenvalue weighted by molar-refractivity contribution is 7.47. The number of phosphoric acid groups is 2. The maximum atomic E-state index is 13.1. The average Bonchev–Trinajstić information content (AvgIpc) is 0.898. The highest BCUT2D eigenvalue weighted by Crippen LogP contribution is 2.45. The Bertz CT molecular complexity index is 2990. The molecule has 112 heavy (non-hydrogen) atoms. The molecule has 0 aromatic carbocycles. The van der Waals surface area contributed by atoms with E-state index in [0.29, 0.717) is 38.5 Å². The maximum absolute atomic E-state index is 13.1. The Labute approximate surface area is 677 Å². The molecule has 0 radical (unpaired) electrons. The molecule has 0 saturated heterocycles. The molecule has 0 aliphatic carbocycles. The first-order chi connectivity index (χ1) is 54.7. The van der Waals surface area contributed by atoms with Crippen molar-refractivity contribution >= 4 is 39.5 Å². The van der Waals surface area contributed by atoms with Gasteiger partial charge in [-0.3, -0.25) is 37.3 Å². The number of aliphatic hydroxyl groups is 1. The minimum atomic E-state index is -5.03. The molecule has 3 N–H and O–H groups in total. The summed E-state index contributed by atoms with van der Waals surface area (Å²) in [4.78, 5) is 73.2. The van der Waals surface area contributed by atoms with Crippen LogP contribution in [0.5, 0.6) is 0 Å². The third kappa shape index (κ3) is 81.4. The van der Waals surface area contributed by atoms with Crippen LogP contribution in [-0.4, -0.2) is 96.7 Å². The summed E-state index contributed by atoms with van der Waals surface area (Å²) in [7, 11) is -10.0. The lowest BCUT2D eigenvalue weighted by molar-refractivity contribution is -0.161. The van der Waals surface area contributed by atoms with Crippen LogP contribution in [0.15, 0.2) is 219 Å². The summed E-state index contributed by atoms with van der Waals surface area (Å²) in [6, 6.07) is 0. The zero-order chi connectivity index (χ0) is 81.7. The van der Waals surface area contributed by atoms with Crippen LogP contribution in [0.1, 0.15) is 285 Å². The van der Waals surface area contributed by atoms with Gasteiger partial charge in [0.05, 0.1) is 26.4 Å². The molecule has 5 atom stereocenters. The highest BCUT2D eigenvalue weighted by Gasteiger charge is 2.30. The van der Waals surface area contributed by atoms with Gasteiger partial charge < -0.3 is 33.8 Å². The van der Waals surface area contributed by atoms with Crippen molar-refractivity contribution in [3.05, 3.63) is 219 Å². The van der Waals surface area contributed by atoms with Gasteiger partial charge in [0.15, 0.2) is 12.2 Å². The van der Waals surface area contributed by atoms with Crippen molar-refractivity contribution < 1.29 is 80.2 Å². The molecule has 19 heteroatoms. The summed E-state index contributed by atoms with van der Waals surface area (Å²) in [6.45, 7) is 4.29. The van der Waals surface area contributed by atoms with Crippen molar-refractivity contribution in [1.29, 1.82) is 0 Å². The Morgan fingerprint density at radius 1 is 0.259 bits per heavy atom. The Hall–Kier alpha value is -6.62. The van der Waals surface area contributed by atoms with Crippen molar-refractivity contribution in [2.75, 3.05) is 39.6 Å². The van der Waals surface area contributed by atoms with Crippen LogP contribution in [0.3, 0.4) is 0 Å². The van der Waals surface area contributed by atoms with E-state index in [4.69, 9.17) is 37.0 Å². The van der Waals surface area contributed by atoms with Gasteiger partial charge in [0, 0.05) is 25.7 Å². The van der Waals surface area contributed by atoms with Crippen molar-refractivity contribution in [2.45, 2.75) is 303 Å². The predicted octanol–water partition coefficient (Wildman–Crippen LogP) is 25.2. The van der Waals surface area contributed by atoms with E-state index >= 15 is 0 Å². The van der Waals surface area contributed by atoms with Gasteiger partial charge in [-0.2, -0.15) is 0 Å². The van der Waals surface area contributed by atoms with E-state index < -0.39 is 97.5 Å². The van der Waals surface area contributed by atoms with E-state index in [0.717, 1.165) is 154 Å². The fourth-order valence-electron chi connectivity index (χ4n) is 10.2. The standard InChI is InChI=1S/C93H146O17P2/c1-5-9-13-17-21-25-29-33-37-40-43-46-50-53-57-61-65-69-73-77-90(95)103-83-88(109-92(97)79-75-71-67-63-59-55-49-36-32-28-24-20-16-12-8-4)85-107-111(99,100)105-81-87(94)82-106-112(101,102)108-86-89(110-93(98)80-76-72-68-64-60-56-52-48-45-42-39-35-31-27-23-19-15-11-7-3)84-104-91(96)78-74-70-66-62-58-54-51-47-44-41-38-34-30-26-22-18-14-10-6-2/h9-11,13-15,21-23,25-27,33-39,43-49,53-54,56-58,60,65,68-69,72,87-89,94H,5-8,12,16-20,24,28-32,40-42,50-52,55,59,61-64,66-67,70-71,73-86H2,1-4H3,(H,99,100)(H,101,102)/b13-9-,14-10-,15-11-,25-21-,26-22-,27-23-,37-33-,38-34-,39-35-,46-43-,47-44-,48-45-,49-36-,57-53-,58-54-,60-56-,69-65-,72-68-/t87-,88-,89-/m1/s1. The molecule has 0 heterocycles. The summed E-state index contributed by atoms with van der Waals surface area (Å²) in [6.07, 6.45) is 105. The maximum Gasteiger partial charge on any atom is 0.472 e. The summed E-state index contributed by atoms with van der Waals surface area (Å²) >= 11 is 0. The molecule has 630 valence electrons. The zero-order valence-electron chi connectivity index (χ0n) is 69.0. The van der Waals surface area contributed by atoms with Crippen LogP contribution < -0.4 is 0 Å². The van der Waals surface area contributed by atoms with Crippen LogP contribution in [-0.2, 0) is 65.4 Å². The summed E-state index contributed by atoms with van der Waals surface area (Å²) in [5.41, 5.74) is 0. The third-order valence-corrected chi connectivity index (χ3v) is 18.3. The van der Waals surface area contributed by atoms with E-state index in [2.05, 4.69) is 210 Å². The first kappa shape index (κ1) is 105. The number of phosphoric ester groups is 2. The predicted molar refractivity (Wildman–Crippen MR) is 463 cm³/mol. The number of hydrogen-bond acceptors (Lipinski definition) is 15. The van der Waals surface area contributed by atoms with Gasteiger partial charge in [-0.25, -0.2) is 9.13 Å². The Morgan fingerprint density at radius 2 is 0.482 bits per heavy atom.